The highest BCUT2D eigenvalue weighted by Crippen LogP contribution is 2.36. The normalized spacial score (nSPS) is 13.0. The Kier molecular flexibility index (Phi) is 4.37. The zero-order chi connectivity index (χ0) is 15.5. The molecule has 0 aromatic heterocycles. The lowest BCUT2D eigenvalue weighted by Gasteiger charge is -2.16. The number of hydrogen-bond acceptors (Lipinski definition) is 3. The van der Waals surface area contributed by atoms with Crippen LogP contribution < -0.4 is 10.5 Å². The van der Waals surface area contributed by atoms with Gasteiger partial charge in [-0.3, -0.25) is 0 Å². The number of rotatable bonds is 4. The number of ether oxygens (including phenoxy) is 1. The molecule has 6 heteroatoms. The van der Waals surface area contributed by atoms with E-state index >= 15 is 0 Å². The molecule has 21 heavy (non-hydrogen) atoms. The van der Waals surface area contributed by atoms with Crippen LogP contribution in [0.15, 0.2) is 48.5 Å². The first-order chi connectivity index (χ1) is 9.88. The van der Waals surface area contributed by atoms with Crippen molar-refractivity contribution in [2.75, 3.05) is 12.3 Å². The highest BCUT2D eigenvalue weighted by molar-refractivity contribution is 5.41. The minimum absolute atomic E-state index is 0.295. The molecule has 0 heterocycles. The molecule has 0 fully saturated rings. The van der Waals surface area contributed by atoms with Gasteiger partial charge in [-0.05, 0) is 29.8 Å². The van der Waals surface area contributed by atoms with Crippen LogP contribution in [0.1, 0.15) is 17.2 Å². The molecule has 2 rings (SSSR count). The first-order valence-corrected chi connectivity index (χ1v) is 6.20. The lowest BCUT2D eigenvalue weighted by atomic mass is 10.1. The van der Waals surface area contributed by atoms with Crippen molar-refractivity contribution in [3.63, 3.8) is 0 Å². The van der Waals surface area contributed by atoms with Gasteiger partial charge in [0, 0.05) is 5.69 Å². The smallest absolute Gasteiger partial charge is 0.419 e. The molecule has 0 radical (unpaired) electrons. The summed E-state index contributed by atoms with van der Waals surface area (Å²) in [6.45, 7) is -0.295. The van der Waals surface area contributed by atoms with Crippen molar-refractivity contribution in [2.45, 2.75) is 12.3 Å². The minimum atomic E-state index is -4.50. The van der Waals surface area contributed by atoms with E-state index < -0.39 is 17.8 Å². The van der Waals surface area contributed by atoms with Gasteiger partial charge in [-0.2, -0.15) is 13.2 Å². The summed E-state index contributed by atoms with van der Waals surface area (Å²) in [4.78, 5) is 0. The molecule has 1 atom stereocenters. The SMILES string of the molecule is Nc1cccc(C(O)COc2ccccc2C(F)(F)F)c1. The molecular weight excluding hydrogens is 283 g/mol. The Labute approximate surface area is 119 Å². The van der Waals surface area contributed by atoms with Gasteiger partial charge in [-0.25, -0.2) is 0 Å². The largest absolute Gasteiger partial charge is 0.490 e. The summed E-state index contributed by atoms with van der Waals surface area (Å²) in [7, 11) is 0. The van der Waals surface area contributed by atoms with Crippen LogP contribution in [-0.4, -0.2) is 11.7 Å². The van der Waals surface area contributed by atoms with Gasteiger partial charge < -0.3 is 15.6 Å². The second kappa shape index (κ2) is 6.05. The molecule has 0 amide bonds. The van der Waals surface area contributed by atoms with E-state index in [1.807, 2.05) is 0 Å². The Bertz CT molecular complexity index is 614. The molecule has 0 saturated carbocycles. The first-order valence-electron chi connectivity index (χ1n) is 6.20. The van der Waals surface area contributed by atoms with Gasteiger partial charge in [0.05, 0.1) is 5.56 Å². The van der Waals surface area contributed by atoms with Gasteiger partial charge in [0.25, 0.3) is 0 Å². The molecule has 1 unspecified atom stereocenters. The van der Waals surface area contributed by atoms with Gasteiger partial charge in [-0.15, -0.1) is 0 Å². The van der Waals surface area contributed by atoms with Crippen molar-refractivity contribution in [3.05, 3.63) is 59.7 Å². The number of para-hydroxylation sites is 1. The lowest BCUT2D eigenvalue weighted by Crippen LogP contribution is -2.13. The number of alkyl halides is 3. The van der Waals surface area contributed by atoms with Gasteiger partial charge in [-0.1, -0.05) is 24.3 Å². The van der Waals surface area contributed by atoms with Crippen LogP contribution in [-0.2, 0) is 6.18 Å². The fourth-order valence-corrected chi connectivity index (χ4v) is 1.86. The zero-order valence-electron chi connectivity index (χ0n) is 11.0. The molecule has 0 aliphatic heterocycles. The Morgan fingerprint density at radius 1 is 1.10 bits per heavy atom. The summed E-state index contributed by atoms with van der Waals surface area (Å²) < 4.78 is 43.5. The average molecular weight is 297 g/mol. The molecule has 3 nitrogen and oxygen atoms in total. The quantitative estimate of drug-likeness (QED) is 0.850. The maximum absolute atomic E-state index is 12.8. The number of hydrogen-bond donors (Lipinski definition) is 2. The second-order valence-electron chi connectivity index (χ2n) is 4.49. The maximum Gasteiger partial charge on any atom is 0.419 e. The van der Waals surface area contributed by atoms with Crippen molar-refractivity contribution in [1.82, 2.24) is 0 Å². The number of anilines is 1. The first kappa shape index (κ1) is 15.2. The van der Waals surface area contributed by atoms with Crippen molar-refractivity contribution in [3.8, 4) is 5.75 Å². The van der Waals surface area contributed by atoms with E-state index in [0.717, 1.165) is 6.07 Å². The topological polar surface area (TPSA) is 55.5 Å². The molecule has 0 saturated heterocycles. The third-order valence-electron chi connectivity index (χ3n) is 2.88. The molecular formula is C15H14F3NO2. The summed E-state index contributed by atoms with van der Waals surface area (Å²) in [5.41, 5.74) is 5.66. The summed E-state index contributed by atoms with van der Waals surface area (Å²) in [6, 6.07) is 11.3. The van der Waals surface area contributed by atoms with E-state index in [1.165, 1.54) is 18.2 Å². The molecule has 0 spiro atoms. The van der Waals surface area contributed by atoms with Crippen LogP contribution in [0, 0.1) is 0 Å². The van der Waals surface area contributed by atoms with Crippen LogP contribution in [0.5, 0.6) is 5.75 Å². The molecule has 2 aromatic rings. The van der Waals surface area contributed by atoms with Gasteiger partial charge >= 0.3 is 6.18 Å². The van der Waals surface area contributed by atoms with Gasteiger partial charge in [0.15, 0.2) is 0 Å². The zero-order valence-corrected chi connectivity index (χ0v) is 11.0. The lowest BCUT2D eigenvalue weighted by molar-refractivity contribution is -0.139. The monoisotopic (exact) mass is 297 g/mol. The van der Waals surface area contributed by atoms with Crippen molar-refractivity contribution in [1.29, 1.82) is 0 Å². The highest BCUT2D eigenvalue weighted by atomic mass is 19.4. The minimum Gasteiger partial charge on any atom is -0.490 e. The van der Waals surface area contributed by atoms with Gasteiger partial charge in [0.2, 0.25) is 0 Å². The third kappa shape index (κ3) is 3.88. The number of halogens is 3. The summed E-state index contributed by atoms with van der Waals surface area (Å²) >= 11 is 0. The van der Waals surface area contributed by atoms with E-state index in [2.05, 4.69) is 0 Å². The van der Waals surface area contributed by atoms with Crippen molar-refractivity contribution in [2.24, 2.45) is 0 Å². The summed E-state index contributed by atoms with van der Waals surface area (Å²) in [5.74, 6) is -0.312. The molecule has 2 aromatic carbocycles. The van der Waals surface area contributed by atoms with Crippen LogP contribution >= 0.6 is 0 Å². The average Bonchev–Trinajstić information content (AvgIpc) is 2.44. The second-order valence-corrected chi connectivity index (χ2v) is 4.49. The van der Waals surface area contributed by atoms with Crippen LogP contribution in [0.4, 0.5) is 18.9 Å². The predicted molar refractivity (Wildman–Crippen MR) is 72.8 cm³/mol. The summed E-state index contributed by atoms with van der Waals surface area (Å²) in [5, 5.41) is 9.94. The van der Waals surface area contributed by atoms with Crippen LogP contribution in [0.25, 0.3) is 0 Å². The Hall–Kier alpha value is -2.21. The van der Waals surface area contributed by atoms with Crippen LogP contribution in [0.3, 0.4) is 0 Å². The molecule has 0 aliphatic rings. The standard InChI is InChI=1S/C15H14F3NO2/c16-15(17,18)12-6-1-2-7-14(12)21-9-13(20)10-4-3-5-11(19)8-10/h1-8,13,20H,9,19H2. The number of benzene rings is 2. The molecule has 3 N–H and O–H groups in total. The number of nitrogens with two attached hydrogens (primary N) is 1. The van der Waals surface area contributed by atoms with Crippen molar-refractivity contribution < 1.29 is 23.0 Å². The third-order valence-corrected chi connectivity index (χ3v) is 2.88. The van der Waals surface area contributed by atoms with E-state index in [9.17, 15) is 18.3 Å². The molecule has 112 valence electrons. The van der Waals surface area contributed by atoms with E-state index in [1.54, 1.807) is 24.3 Å². The number of aliphatic hydroxyl groups excluding tert-OH is 1. The Morgan fingerprint density at radius 3 is 2.48 bits per heavy atom. The van der Waals surface area contributed by atoms with E-state index in [4.69, 9.17) is 10.5 Å². The molecule has 0 aliphatic carbocycles. The van der Waals surface area contributed by atoms with Crippen LogP contribution in [0.2, 0.25) is 0 Å². The highest BCUT2D eigenvalue weighted by Gasteiger charge is 2.34. The summed E-state index contributed by atoms with van der Waals surface area (Å²) in [6.07, 6.45) is -5.56. The van der Waals surface area contributed by atoms with Crippen molar-refractivity contribution >= 4 is 5.69 Å². The fraction of sp³-hybridized carbons (Fsp3) is 0.200. The number of aliphatic hydroxyl groups is 1. The fourth-order valence-electron chi connectivity index (χ4n) is 1.86. The number of nitrogen functional groups attached to an aromatic ring is 1. The maximum atomic E-state index is 12.8. The Balaban J connectivity index is 2.10. The Morgan fingerprint density at radius 2 is 1.81 bits per heavy atom. The van der Waals surface area contributed by atoms with E-state index in [0.29, 0.717) is 11.3 Å². The predicted octanol–water partition coefficient (Wildman–Crippen LogP) is 3.40. The molecule has 0 bridgehead atoms. The van der Waals surface area contributed by atoms with Gasteiger partial charge in [0.1, 0.15) is 18.5 Å². The van der Waals surface area contributed by atoms with E-state index in [-0.39, 0.29) is 12.4 Å².